The normalized spacial score (nSPS) is 10.6. The Balaban J connectivity index is 2.23. The van der Waals surface area contributed by atoms with Gasteiger partial charge in [-0.1, -0.05) is 11.6 Å². The topological polar surface area (TPSA) is 42.4 Å². The van der Waals surface area contributed by atoms with E-state index in [1.165, 1.54) is 0 Å². The number of halogens is 1. The molecule has 1 aromatic carbocycles. The number of nitrogens with two attached hydrogens (primary N) is 1. The summed E-state index contributed by atoms with van der Waals surface area (Å²) in [5, 5.41) is 0.752. The lowest BCUT2D eigenvalue weighted by Gasteiger charge is -2.25. The van der Waals surface area contributed by atoms with E-state index >= 15 is 0 Å². The van der Waals surface area contributed by atoms with Crippen LogP contribution in [0.4, 0.5) is 5.69 Å². The van der Waals surface area contributed by atoms with E-state index in [4.69, 9.17) is 21.8 Å². The number of rotatable bonds is 5. The molecule has 3 nitrogen and oxygen atoms in total. The summed E-state index contributed by atoms with van der Waals surface area (Å²) in [6, 6.07) is 9.74. The molecule has 2 aromatic rings. The zero-order valence-corrected chi connectivity index (χ0v) is 11.2. The first-order valence-electron chi connectivity index (χ1n) is 5.94. The largest absolute Gasteiger partial charge is 0.467 e. The van der Waals surface area contributed by atoms with Crippen molar-refractivity contribution >= 4 is 17.3 Å². The van der Waals surface area contributed by atoms with Crippen molar-refractivity contribution < 1.29 is 4.42 Å². The van der Waals surface area contributed by atoms with Crippen molar-refractivity contribution in [1.29, 1.82) is 0 Å². The third kappa shape index (κ3) is 3.06. The first-order chi connectivity index (χ1) is 8.70. The van der Waals surface area contributed by atoms with E-state index in [9.17, 15) is 0 Å². The van der Waals surface area contributed by atoms with Crippen molar-refractivity contribution in [1.82, 2.24) is 0 Å². The van der Waals surface area contributed by atoms with Crippen molar-refractivity contribution in [2.24, 2.45) is 5.73 Å². The van der Waals surface area contributed by atoms with Gasteiger partial charge in [0.15, 0.2) is 0 Å². The van der Waals surface area contributed by atoms with Crippen LogP contribution < -0.4 is 10.6 Å². The van der Waals surface area contributed by atoms with Crippen LogP contribution >= 0.6 is 11.6 Å². The second-order valence-corrected chi connectivity index (χ2v) is 4.66. The molecule has 0 radical (unpaired) electrons. The summed E-state index contributed by atoms with van der Waals surface area (Å²) in [5.74, 6) is 0.929. The van der Waals surface area contributed by atoms with Gasteiger partial charge in [-0.3, -0.25) is 0 Å². The molecule has 4 heteroatoms. The summed E-state index contributed by atoms with van der Waals surface area (Å²) in [5.41, 5.74) is 7.96. The van der Waals surface area contributed by atoms with Crippen LogP contribution in [-0.4, -0.2) is 13.1 Å². The standard InChI is InChI=1S/C14H17ClN2O/c1-11-9-12(15)4-5-14(11)17(7-6-16)10-13-3-2-8-18-13/h2-5,8-9H,6-7,10,16H2,1H3. The third-order valence-corrected chi connectivity index (χ3v) is 3.06. The molecule has 0 unspecified atom stereocenters. The van der Waals surface area contributed by atoms with Gasteiger partial charge in [-0.15, -0.1) is 0 Å². The number of furan rings is 1. The second kappa shape index (κ2) is 5.94. The molecular weight excluding hydrogens is 248 g/mol. The third-order valence-electron chi connectivity index (χ3n) is 2.83. The molecule has 1 heterocycles. The summed E-state index contributed by atoms with van der Waals surface area (Å²) in [7, 11) is 0. The van der Waals surface area contributed by atoms with Gasteiger partial charge in [0, 0.05) is 23.8 Å². The summed E-state index contributed by atoms with van der Waals surface area (Å²) in [6.45, 7) is 4.14. The molecule has 0 spiro atoms. The van der Waals surface area contributed by atoms with E-state index in [-0.39, 0.29) is 0 Å². The second-order valence-electron chi connectivity index (χ2n) is 4.22. The van der Waals surface area contributed by atoms with E-state index in [0.29, 0.717) is 13.1 Å². The van der Waals surface area contributed by atoms with Gasteiger partial charge in [0.25, 0.3) is 0 Å². The molecule has 0 bridgehead atoms. The minimum Gasteiger partial charge on any atom is -0.467 e. The highest BCUT2D eigenvalue weighted by Gasteiger charge is 2.11. The van der Waals surface area contributed by atoms with Gasteiger partial charge < -0.3 is 15.1 Å². The van der Waals surface area contributed by atoms with Gasteiger partial charge in [-0.25, -0.2) is 0 Å². The van der Waals surface area contributed by atoms with Crippen molar-refractivity contribution in [3.63, 3.8) is 0 Å². The zero-order valence-electron chi connectivity index (χ0n) is 10.4. The molecule has 0 aliphatic heterocycles. The van der Waals surface area contributed by atoms with Gasteiger partial charge in [-0.05, 0) is 42.8 Å². The molecule has 0 aliphatic carbocycles. The average Bonchev–Trinajstić information content (AvgIpc) is 2.81. The van der Waals surface area contributed by atoms with Gasteiger partial charge >= 0.3 is 0 Å². The van der Waals surface area contributed by atoms with Gasteiger partial charge in [0.1, 0.15) is 5.76 Å². The van der Waals surface area contributed by atoms with Crippen LogP contribution in [0.25, 0.3) is 0 Å². The fraction of sp³-hybridized carbons (Fsp3) is 0.286. The molecule has 0 aliphatic rings. The number of hydrogen-bond donors (Lipinski definition) is 1. The molecule has 0 atom stereocenters. The number of anilines is 1. The predicted molar refractivity (Wildman–Crippen MR) is 75.0 cm³/mol. The number of aryl methyl sites for hydroxylation is 1. The maximum atomic E-state index is 5.98. The summed E-state index contributed by atoms with van der Waals surface area (Å²) >= 11 is 5.98. The highest BCUT2D eigenvalue weighted by atomic mass is 35.5. The zero-order chi connectivity index (χ0) is 13.0. The number of nitrogens with zero attached hydrogens (tertiary/aromatic N) is 1. The van der Waals surface area contributed by atoms with Crippen molar-refractivity contribution in [3.05, 3.63) is 52.9 Å². The van der Waals surface area contributed by atoms with Gasteiger partial charge in [0.2, 0.25) is 0 Å². The van der Waals surface area contributed by atoms with Crippen LogP contribution in [0.1, 0.15) is 11.3 Å². The first-order valence-corrected chi connectivity index (χ1v) is 6.32. The number of hydrogen-bond acceptors (Lipinski definition) is 3. The minimum absolute atomic E-state index is 0.600. The highest BCUT2D eigenvalue weighted by molar-refractivity contribution is 6.30. The van der Waals surface area contributed by atoms with Crippen molar-refractivity contribution in [2.75, 3.05) is 18.0 Å². The Bertz CT molecular complexity index is 497. The Hall–Kier alpha value is -1.45. The van der Waals surface area contributed by atoms with E-state index < -0.39 is 0 Å². The van der Waals surface area contributed by atoms with Crippen LogP contribution in [-0.2, 0) is 6.54 Å². The van der Waals surface area contributed by atoms with Crippen molar-refractivity contribution in [3.8, 4) is 0 Å². The molecule has 0 saturated carbocycles. The Labute approximate surface area is 112 Å². The monoisotopic (exact) mass is 264 g/mol. The molecular formula is C14H17ClN2O. The molecule has 0 saturated heterocycles. The van der Waals surface area contributed by atoms with E-state index in [0.717, 1.165) is 28.6 Å². The maximum absolute atomic E-state index is 5.98. The van der Waals surface area contributed by atoms with Crippen LogP contribution in [0, 0.1) is 6.92 Å². The molecule has 0 fully saturated rings. The van der Waals surface area contributed by atoms with Crippen molar-refractivity contribution in [2.45, 2.75) is 13.5 Å². The summed E-state index contributed by atoms with van der Waals surface area (Å²) in [6.07, 6.45) is 1.69. The summed E-state index contributed by atoms with van der Waals surface area (Å²) in [4.78, 5) is 2.20. The molecule has 1 aromatic heterocycles. The van der Waals surface area contributed by atoms with Gasteiger partial charge in [0.05, 0.1) is 12.8 Å². The lowest BCUT2D eigenvalue weighted by atomic mass is 10.1. The van der Waals surface area contributed by atoms with E-state index in [1.54, 1.807) is 6.26 Å². The lowest BCUT2D eigenvalue weighted by Crippen LogP contribution is -2.29. The van der Waals surface area contributed by atoms with Crippen LogP contribution in [0.2, 0.25) is 5.02 Å². The molecule has 2 rings (SSSR count). The lowest BCUT2D eigenvalue weighted by molar-refractivity contribution is 0.502. The quantitative estimate of drug-likeness (QED) is 0.902. The Morgan fingerprint density at radius 3 is 2.78 bits per heavy atom. The van der Waals surface area contributed by atoms with Crippen LogP contribution in [0.5, 0.6) is 0 Å². The Morgan fingerprint density at radius 2 is 2.17 bits per heavy atom. The van der Waals surface area contributed by atoms with Gasteiger partial charge in [-0.2, -0.15) is 0 Å². The fourth-order valence-electron chi connectivity index (χ4n) is 2.00. The molecule has 2 N–H and O–H groups in total. The summed E-state index contributed by atoms with van der Waals surface area (Å²) < 4.78 is 5.39. The molecule has 96 valence electrons. The van der Waals surface area contributed by atoms with Crippen LogP contribution in [0.3, 0.4) is 0 Å². The number of benzene rings is 1. The SMILES string of the molecule is Cc1cc(Cl)ccc1N(CCN)Cc1ccco1. The Kier molecular flexibility index (Phi) is 4.28. The van der Waals surface area contributed by atoms with E-state index in [1.807, 2.05) is 37.3 Å². The molecule has 0 amide bonds. The predicted octanol–water partition coefficient (Wildman–Crippen LogP) is 3.21. The minimum atomic E-state index is 0.600. The smallest absolute Gasteiger partial charge is 0.123 e. The Morgan fingerprint density at radius 1 is 1.33 bits per heavy atom. The van der Waals surface area contributed by atoms with Crippen LogP contribution in [0.15, 0.2) is 41.0 Å². The average molecular weight is 265 g/mol. The highest BCUT2D eigenvalue weighted by Crippen LogP contribution is 2.24. The maximum Gasteiger partial charge on any atom is 0.123 e. The molecule has 18 heavy (non-hydrogen) atoms. The van der Waals surface area contributed by atoms with E-state index in [2.05, 4.69) is 4.90 Å². The first kappa shape index (κ1) is 13.0. The fourth-order valence-corrected chi connectivity index (χ4v) is 2.23.